The second kappa shape index (κ2) is 7.74. The molecule has 0 radical (unpaired) electrons. The fraction of sp³-hybridized carbons (Fsp3) is 0.278. The van der Waals surface area contributed by atoms with Crippen LogP contribution in [0.15, 0.2) is 35.5 Å². The number of rotatable bonds is 5. The van der Waals surface area contributed by atoms with Crippen LogP contribution in [0.1, 0.15) is 22.8 Å². The lowest BCUT2D eigenvalue weighted by Gasteiger charge is -2.49. The summed E-state index contributed by atoms with van der Waals surface area (Å²) in [4.78, 5) is 48.7. The normalized spacial score (nSPS) is 20.6. The quantitative estimate of drug-likeness (QED) is 0.537. The monoisotopic (exact) mass is 401 g/mol. The van der Waals surface area contributed by atoms with E-state index in [2.05, 4.69) is 5.32 Å². The zero-order valence-electron chi connectivity index (χ0n) is 14.7. The number of fused-ring (bicyclic) bond motifs is 1. The molecule has 1 aromatic rings. The smallest absolute Gasteiger partial charge is 0.352 e. The van der Waals surface area contributed by atoms with E-state index >= 15 is 0 Å². The number of aliphatic carboxylic acids is 1. The average Bonchev–Trinajstić information content (AvgIpc) is 2.69. The topological polar surface area (TPSA) is 137 Å². The molecule has 1 aromatic carbocycles. The second-order valence-corrected chi connectivity index (χ2v) is 7.20. The van der Waals surface area contributed by atoms with Gasteiger partial charge < -0.3 is 15.2 Å². The summed E-state index contributed by atoms with van der Waals surface area (Å²) in [5, 5.41) is 20.5. The summed E-state index contributed by atoms with van der Waals surface area (Å²) in [6.45, 7) is 1.000. The molecule has 0 spiro atoms. The van der Waals surface area contributed by atoms with Gasteiger partial charge in [0.15, 0.2) is 0 Å². The number of carbonyl (C=O) groups excluding carboxylic acids is 3. The van der Waals surface area contributed by atoms with Crippen LogP contribution in [0.2, 0.25) is 0 Å². The molecule has 1 saturated heterocycles. The second-order valence-electron chi connectivity index (χ2n) is 6.09. The summed E-state index contributed by atoms with van der Waals surface area (Å²) in [6, 6.07) is 7.09. The predicted molar refractivity (Wildman–Crippen MR) is 96.8 cm³/mol. The number of carboxylic acid groups (broad SMARTS) is 1. The molecule has 2 aliphatic rings. The Morgan fingerprint density at radius 3 is 2.82 bits per heavy atom. The lowest BCUT2D eigenvalue weighted by molar-refractivity contribution is -0.149. The molecule has 10 heteroatoms. The van der Waals surface area contributed by atoms with Gasteiger partial charge in [0.1, 0.15) is 23.7 Å². The Kier molecular flexibility index (Phi) is 5.37. The summed E-state index contributed by atoms with van der Waals surface area (Å²) < 4.78 is 4.87. The van der Waals surface area contributed by atoms with Crippen LogP contribution < -0.4 is 5.32 Å². The third-order valence-corrected chi connectivity index (χ3v) is 5.58. The van der Waals surface area contributed by atoms with E-state index in [1.165, 1.54) is 30.8 Å². The molecule has 2 atom stereocenters. The van der Waals surface area contributed by atoms with Gasteiger partial charge in [-0.3, -0.25) is 19.3 Å². The Hall–Kier alpha value is -3.32. The number of benzene rings is 1. The Balaban J connectivity index is 1.76. The molecular formula is C18H15N3O6S. The summed E-state index contributed by atoms with van der Waals surface area (Å²) in [7, 11) is 0. The van der Waals surface area contributed by atoms with Gasteiger partial charge in [-0.2, -0.15) is 5.26 Å². The van der Waals surface area contributed by atoms with E-state index in [0.29, 0.717) is 11.1 Å². The molecule has 2 N–H and O–H groups in total. The van der Waals surface area contributed by atoms with Gasteiger partial charge in [-0.25, -0.2) is 4.79 Å². The third-order valence-electron chi connectivity index (χ3n) is 4.24. The Morgan fingerprint density at radius 2 is 2.18 bits per heavy atom. The van der Waals surface area contributed by atoms with E-state index in [9.17, 15) is 24.3 Å². The van der Waals surface area contributed by atoms with E-state index in [-0.39, 0.29) is 23.6 Å². The van der Waals surface area contributed by atoms with Crippen LogP contribution >= 0.6 is 11.8 Å². The van der Waals surface area contributed by atoms with E-state index < -0.39 is 35.2 Å². The van der Waals surface area contributed by atoms with Gasteiger partial charge in [0.25, 0.3) is 11.8 Å². The fourth-order valence-electron chi connectivity index (χ4n) is 2.94. The van der Waals surface area contributed by atoms with E-state index in [1.807, 2.05) is 6.07 Å². The zero-order chi connectivity index (χ0) is 20.4. The molecule has 2 amide bonds. The summed E-state index contributed by atoms with van der Waals surface area (Å²) >= 11 is 1.28. The van der Waals surface area contributed by atoms with Crippen molar-refractivity contribution in [2.24, 2.45) is 0 Å². The van der Waals surface area contributed by atoms with Crippen molar-refractivity contribution in [2.75, 3.05) is 12.4 Å². The Labute approximate surface area is 163 Å². The van der Waals surface area contributed by atoms with Gasteiger partial charge in [-0.15, -0.1) is 11.8 Å². The van der Waals surface area contributed by atoms with Crippen molar-refractivity contribution >= 4 is 35.5 Å². The number of carbonyl (C=O) groups is 4. The van der Waals surface area contributed by atoms with Crippen LogP contribution in [0.5, 0.6) is 0 Å². The molecule has 1 fully saturated rings. The minimum atomic E-state index is -1.30. The van der Waals surface area contributed by atoms with Crippen molar-refractivity contribution < 1.29 is 29.0 Å². The summed E-state index contributed by atoms with van der Waals surface area (Å²) in [5.41, 5.74) is 0.652. The van der Waals surface area contributed by atoms with Gasteiger partial charge in [0.2, 0.25) is 0 Å². The number of amides is 2. The molecule has 0 aromatic heterocycles. The number of thioether (sulfide) groups is 1. The standard InChI is InChI=1S/C18H15N3O6S/c1-9(22)27-7-12-8-28-17-13(16(24)21(17)14(12)18(25)26)20-15(23)11-4-2-3-10(5-11)6-19/h2-5,13,17H,7-8H2,1H3,(H,20,23)(H,25,26). The van der Waals surface area contributed by atoms with Crippen molar-refractivity contribution in [3.63, 3.8) is 0 Å². The molecule has 2 heterocycles. The van der Waals surface area contributed by atoms with Crippen molar-refractivity contribution in [1.82, 2.24) is 10.2 Å². The number of esters is 1. The number of carboxylic acids is 1. The van der Waals surface area contributed by atoms with Crippen LogP contribution in [-0.4, -0.2) is 57.5 Å². The summed E-state index contributed by atoms with van der Waals surface area (Å²) in [5.74, 6) is -2.68. The largest absolute Gasteiger partial charge is 0.477 e. The number of nitrogens with one attached hydrogen (secondary N) is 1. The minimum absolute atomic E-state index is 0.210. The molecule has 3 rings (SSSR count). The van der Waals surface area contributed by atoms with Crippen LogP contribution in [0.3, 0.4) is 0 Å². The van der Waals surface area contributed by atoms with Gasteiger partial charge >= 0.3 is 11.9 Å². The lowest BCUT2D eigenvalue weighted by Crippen LogP contribution is -2.70. The molecule has 9 nitrogen and oxygen atoms in total. The zero-order valence-corrected chi connectivity index (χ0v) is 15.5. The molecule has 28 heavy (non-hydrogen) atoms. The molecule has 144 valence electrons. The van der Waals surface area contributed by atoms with Gasteiger partial charge in [-0.1, -0.05) is 6.07 Å². The Morgan fingerprint density at radius 1 is 1.43 bits per heavy atom. The first kappa shape index (κ1) is 19.4. The molecule has 2 aliphatic heterocycles. The third kappa shape index (κ3) is 3.57. The lowest BCUT2D eigenvalue weighted by atomic mass is 10.0. The number of ether oxygens (including phenoxy) is 1. The number of β-lactam (4-membered cyclic amide) rings is 1. The van der Waals surface area contributed by atoms with E-state index in [0.717, 1.165) is 4.90 Å². The minimum Gasteiger partial charge on any atom is -0.477 e. The van der Waals surface area contributed by atoms with Gasteiger partial charge in [0.05, 0.1) is 11.6 Å². The van der Waals surface area contributed by atoms with Crippen LogP contribution in [0.25, 0.3) is 0 Å². The van der Waals surface area contributed by atoms with Crippen LogP contribution in [-0.2, 0) is 19.1 Å². The maximum absolute atomic E-state index is 12.5. The maximum atomic E-state index is 12.5. The molecule has 0 bridgehead atoms. The van der Waals surface area contributed by atoms with Crippen molar-refractivity contribution in [3.8, 4) is 6.07 Å². The van der Waals surface area contributed by atoms with Crippen molar-refractivity contribution in [1.29, 1.82) is 5.26 Å². The van der Waals surface area contributed by atoms with E-state index in [4.69, 9.17) is 10.00 Å². The SMILES string of the molecule is CC(=O)OCC1=C(C(=O)O)N2C(=O)C(NC(=O)c3cccc(C#N)c3)C2SC1. The first-order valence-electron chi connectivity index (χ1n) is 8.18. The number of nitrogens with zero attached hydrogens (tertiary/aromatic N) is 2. The fourth-order valence-corrected chi connectivity index (χ4v) is 4.26. The Bertz CT molecular complexity index is 951. The highest BCUT2D eigenvalue weighted by Crippen LogP contribution is 2.40. The van der Waals surface area contributed by atoms with Crippen molar-refractivity contribution in [2.45, 2.75) is 18.3 Å². The highest BCUT2D eigenvalue weighted by atomic mass is 32.2. The molecular weight excluding hydrogens is 386 g/mol. The number of hydrogen-bond donors (Lipinski definition) is 2. The molecule has 0 saturated carbocycles. The molecule has 2 unspecified atom stereocenters. The summed E-state index contributed by atoms with van der Waals surface area (Å²) in [6.07, 6.45) is 0. The maximum Gasteiger partial charge on any atom is 0.352 e. The van der Waals surface area contributed by atoms with Crippen LogP contribution in [0.4, 0.5) is 0 Å². The number of nitriles is 1. The number of hydrogen-bond acceptors (Lipinski definition) is 7. The van der Waals surface area contributed by atoms with Gasteiger partial charge in [0, 0.05) is 23.8 Å². The highest BCUT2D eigenvalue weighted by molar-refractivity contribution is 8.00. The van der Waals surface area contributed by atoms with Gasteiger partial charge in [-0.05, 0) is 18.2 Å². The van der Waals surface area contributed by atoms with Crippen LogP contribution in [0, 0.1) is 11.3 Å². The predicted octanol–water partition coefficient (Wildman–Crippen LogP) is 0.474. The highest BCUT2D eigenvalue weighted by Gasteiger charge is 2.54. The van der Waals surface area contributed by atoms with E-state index in [1.54, 1.807) is 12.1 Å². The average molecular weight is 401 g/mol. The first-order valence-corrected chi connectivity index (χ1v) is 9.22. The molecule has 0 aliphatic carbocycles. The first-order chi connectivity index (χ1) is 13.3. The van der Waals surface area contributed by atoms with Crippen molar-refractivity contribution in [3.05, 3.63) is 46.7 Å².